The highest BCUT2D eigenvalue weighted by Crippen LogP contribution is 2.23. The Balaban J connectivity index is 0.000000587. The molecule has 1 saturated heterocycles. The number of hydrogen-bond donors (Lipinski definition) is 3. The summed E-state index contributed by atoms with van der Waals surface area (Å²) in [6.07, 6.45) is -5.08. The molecule has 3 aromatic carbocycles. The highest BCUT2D eigenvalue weighted by molar-refractivity contribution is 5.96. The Morgan fingerprint density at radius 3 is 2.15 bits per heavy atom. The predicted octanol–water partition coefficient (Wildman–Crippen LogP) is 5.56. The fraction of sp³-hybridized carbons (Fsp3) is 0.276. The van der Waals surface area contributed by atoms with Gasteiger partial charge in [0, 0.05) is 37.6 Å². The zero-order valence-corrected chi connectivity index (χ0v) is 22.5. The van der Waals surface area contributed by atoms with Gasteiger partial charge in [-0.1, -0.05) is 30.3 Å². The van der Waals surface area contributed by atoms with E-state index in [-0.39, 0.29) is 11.4 Å². The number of rotatable bonds is 5. The zero-order valence-electron chi connectivity index (χ0n) is 22.5. The average Bonchev–Trinajstić information content (AvgIpc) is 2.93. The van der Waals surface area contributed by atoms with E-state index < -0.39 is 18.1 Å². The summed E-state index contributed by atoms with van der Waals surface area (Å²) in [5.74, 6) is -3.34. The molecular weight excluding hydrogens is 544 g/mol. The first-order chi connectivity index (χ1) is 19.3. The maximum Gasteiger partial charge on any atom is 0.490 e. The fourth-order valence-corrected chi connectivity index (χ4v) is 4.05. The second-order valence-corrected chi connectivity index (χ2v) is 9.34. The number of nitrogens with one attached hydrogen (secondary N) is 1. The third-order valence-electron chi connectivity index (χ3n) is 6.22. The Bertz CT molecular complexity index is 1390. The van der Waals surface area contributed by atoms with Crippen LogP contribution in [0.15, 0.2) is 71.7 Å². The van der Waals surface area contributed by atoms with Gasteiger partial charge in [0.15, 0.2) is 5.96 Å². The molecule has 0 aromatic heterocycles. The summed E-state index contributed by atoms with van der Waals surface area (Å²) in [6.45, 7) is 7.84. The molecule has 1 heterocycles. The normalized spacial score (nSPS) is 13.8. The van der Waals surface area contributed by atoms with Crippen LogP contribution in [-0.4, -0.2) is 65.4 Å². The van der Waals surface area contributed by atoms with Crippen LogP contribution >= 0.6 is 0 Å². The number of carboxylic acids is 2. The number of aliphatic carboxylic acids is 1. The van der Waals surface area contributed by atoms with Crippen LogP contribution in [0.4, 0.5) is 28.9 Å². The van der Waals surface area contributed by atoms with Crippen molar-refractivity contribution in [1.82, 2.24) is 4.90 Å². The van der Waals surface area contributed by atoms with Crippen molar-refractivity contribution in [2.45, 2.75) is 26.6 Å². The van der Waals surface area contributed by atoms with Crippen molar-refractivity contribution >= 4 is 29.3 Å². The standard InChI is InChI=1S/C27H29FN4O2.C2HF3O2/c1-19-6-7-20(2)25(16-19)31-12-14-32(15-13-31)27(29-18-21-8-10-23(28)11-9-21)30-24-5-3-4-22(17-24)26(33)34;3-2(4,5)1(6)7/h3-11,16-17H,12-15,18H2,1-2H3,(H,29,30)(H,33,34);(H,6,7). The molecule has 0 saturated carbocycles. The van der Waals surface area contributed by atoms with Crippen LogP contribution in [-0.2, 0) is 11.3 Å². The first-order valence-electron chi connectivity index (χ1n) is 12.6. The number of benzene rings is 3. The molecule has 3 N–H and O–H groups in total. The van der Waals surface area contributed by atoms with E-state index in [4.69, 9.17) is 14.9 Å². The van der Waals surface area contributed by atoms with E-state index in [9.17, 15) is 27.5 Å². The molecule has 0 spiro atoms. The van der Waals surface area contributed by atoms with Crippen molar-refractivity contribution in [1.29, 1.82) is 0 Å². The highest BCUT2D eigenvalue weighted by Gasteiger charge is 2.38. The van der Waals surface area contributed by atoms with Gasteiger partial charge in [-0.15, -0.1) is 0 Å². The van der Waals surface area contributed by atoms with Gasteiger partial charge in [0.2, 0.25) is 0 Å². The molecule has 0 amide bonds. The largest absolute Gasteiger partial charge is 0.490 e. The minimum absolute atomic E-state index is 0.211. The monoisotopic (exact) mass is 574 g/mol. The van der Waals surface area contributed by atoms with Gasteiger partial charge in [-0.05, 0) is 66.9 Å². The number of aromatic carboxylic acids is 1. The Kier molecular flexibility index (Phi) is 10.3. The van der Waals surface area contributed by atoms with Crippen molar-refractivity contribution in [3.63, 3.8) is 0 Å². The molecule has 0 radical (unpaired) electrons. The highest BCUT2D eigenvalue weighted by atomic mass is 19.4. The Labute approximate surface area is 234 Å². The smallest absolute Gasteiger partial charge is 0.478 e. The van der Waals surface area contributed by atoms with E-state index in [1.54, 1.807) is 30.3 Å². The summed E-state index contributed by atoms with van der Waals surface area (Å²) in [5.41, 5.74) is 5.52. The van der Waals surface area contributed by atoms with Crippen LogP contribution < -0.4 is 10.2 Å². The molecular formula is C29H30F4N4O4. The molecule has 12 heteroatoms. The molecule has 0 aliphatic carbocycles. The van der Waals surface area contributed by atoms with Crippen molar-refractivity contribution in [2.75, 3.05) is 36.4 Å². The van der Waals surface area contributed by atoms with Crippen LogP contribution in [0, 0.1) is 19.7 Å². The van der Waals surface area contributed by atoms with Crippen LogP contribution in [0.1, 0.15) is 27.0 Å². The Morgan fingerprint density at radius 2 is 1.56 bits per heavy atom. The molecule has 0 atom stereocenters. The minimum Gasteiger partial charge on any atom is -0.478 e. The van der Waals surface area contributed by atoms with Gasteiger partial charge < -0.3 is 25.3 Å². The maximum absolute atomic E-state index is 13.3. The molecule has 1 fully saturated rings. The molecule has 0 bridgehead atoms. The number of aryl methyl sites for hydroxylation is 2. The SMILES string of the molecule is Cc1ccc(C)c(N2CCN(C(=NCc3ccc(F)cc3)Nc3cccc(C(=O)O)c3)CC2)c1.O=C(O)C(F)(F)F. The number of hydrogen-bond acceptors (Lipinski definition) is 4. The Hall–Kier alpha value is -4.61. The second kappa shape index (κ2) is 13.6. The fourth-order valence-electron chi connectivity index (χ4n) is 4.05. The van der Waals surface area contributed by atoms with Crippen molar-refractivity contribution in [3.05, 3.63) is 94.8 Å². The first kappa shape index (κ1) is 30.9. The number of carbonyl (C=O) groups is 2. The number of alkyl halides is 3. The molecule has 1 aliphatic heterocycles. The lowest BCUT2D eigenvalue weighted by Gasteiger charge is -2.38. The molecule has 1 aliphatic rings. The van der Waals surface area contributed by atoms with E-state index in [1.807, 2.05) is 6.07 Å². The minimum atomic E-state index is -5.08. The lowest BCUT2D eigenvalue weighted by atomic mass is 10.1. The lowest BCUT2D eigenvalue weighted by molar-refractivity contribution is -0.192. The van der Waals surface area contributed by atoms with Crippen LogP contribution in [0.2, 0.25) is 0 Å². The maximum atomic E-state index is 13.3. The van der Waals surface area contributed by atoms with Crippen LogP contribution in [0.25, 0.3) is 0 Å². The average molecular weight is 575 g/mol. The number of aliphatic imine (C=N–C) groups is 1. The third kappa shape index (κ3) is 9.23. The van der Waals surface area contributed by atoms with E-state index in [0.29, 0.717) is 18.2 Å². The number of carboxylic acid groups (broad SMARTS) is 2. The van der Waals surface area contributed by atoms with Crippen LogP contribution in [0.5, 0.6) is 0 Å². The number of nitrogens with zero attached hydrogens (tertiary/aromatic N) is 3. The van der Waals surface area contributed by atoms with E-state index in [0.717, 1.165) is 31.7 Å². The topological polar surface area (TPSA) is 105 Å². The number of piperazine rings is 1. The summed E-state index contributed by atoms with van der Waals surface area (Å²) in [4.78, 5) is 29.7. The van der Waals surface area contributed by atoms with Crippen LogP contribution in [0.3, 0.4) is 0 Å². The van der Waals surface area contributed by atoms with Gasteiger partial charge in [0.05, 0.1) is 12.1 Å². The van der Waals surface area contributed by atoms with Gasteiger partial charge in [0.25, 0.3) is 0 Å². The lowest BCUT2D eigenvalue weighted by Crippen LogP contribution is -2.51. The third-order valence-corrected chi connectivity index (χ3v) is 6.22. The molecule has 3 aromatic rings. The molecule has 218 valence electrons. The summed E-state index contributed by atoms with van der Waals surface area (Å²) in [6, 6.07) is 19.5. The Morgan fingerprint density at radius 1 is 0.927 bits per heavy atom. The van der Waals surface area contributed by atoms with Crippen molar-refractivity contribution in [2.24, 2.45) is 4.99 Å². The van der Waals surface area contributed by atoms with E-state index in [1.165, 1.54) is 28.9 Å². The van der Waals surface area contributed by atoms with E-state index in [2.05, 4.69) is 47.2 Å². The summed E-state index contributed by atoms with van der Waals surface area (Å²) < 4.78 is 45.0. The van der Waals surface area contributed by atoms with Crippen molar-refractivity contribution in [3.8, 4) is 0 Å². The molecule has 4 rings (SSSR count). The second-order valence-electron chi connectivity index (χ2n) is 9.34. The molecule has 0 unspecified atom stereocenters. The summed E-state index contributed by atoms with van der Waals surface area (Å²) in [7, 11) is 0. The van der Waals surface area contributed by atoms with Gasteiger partial charge in [-0.2, -0.15) is 13.2 Å². The number of halogens is 4. The summed E-state index contributed by atoms with van der Waals surface area (Å²) in [5, 5.41) is 19.8. The molecule has 8 nitrogen and oxygen atoms in total. The first-order valence-corrected chi connectivity index (χ1v) is 12.6. The predicted molar refractivity (Wildman–Crippen MR) is 148 cm³/mol. The van der Waals surface area contributed by atoms with Gasteiger partial charge in [0.1, 0.15) is 5.82 Å². The zero-order chi connectivity index (χ0) is 30.2. The number of anilines is 2. The van der Waals surface area contributed by atoms with Gasteiger partial charge in [-0.25, -0.2) is 19.0 Å². The van der Waals surface area contributed by atoms with E-state index >= 15 is 0 Å². The summed E-state index contributed by atoms with van der Waals surface area (Å²) >= 11 is 0. The van der Waals surface area contributed by atoms with Gasteiger partial charge in [-0.3, -0.25) is 0 Å². The number of guanidine groups is 1. The quantitative estimate of drug-likeness (QED) is 0.208. The van der Waals surface area contributed by atoms with Gasteiger partial charge >= 0.3 is 18.1 Å². The molecule has 41 heavy (non-hydrogen) atoms. The van der Waals surface area contributed by atoms with Crippen molar-refractivity contribution < 1.29 is 37.4 Å².